The van der Waals surface area contributed by atoms with Crippen molar-refractivity contribution in [3.8, 4) is 5.75 Å². The van der Waals surface area contributed by atoms with Crippen molar-refractivity contribution < 1.29 is 4.74 Å². The highest BCUT2D eigenvalue weighted by Crippen LogP contribution is 2.26. The minimum atomic E-state index is 0.252. The number of hydrogen-bond acceptors (Lipinski definition) is 2. The largest absolute Gasteiger partial charge is 0.493 e. The monoisotopic (exact) mass is 219 g/mol. The third kappa shape index (κ3) is 2.74. The SMILES string of the molecule is CCCOc1ccccc1C1CNCC[N]1. The van der Waals surface area contributed by atoms with Crippen molar-refractivity contribution in [1.29, 1.82) is 0 Å². The molecule has 0 saturated carbocycles. The van der Waals surface area contributed by atoms with E-state index in [-0.39, 0.29) is 6.04 Å². The summed E-state index contributed by atoms with van der Waals surface area (Å²) in [5.74, 6) is 0.988. The van der Waals surface area contributed by atoms with Gasteiger partial charge in [-0.25, -0.2) is 5.32 Å². The maximum absolute atomic E-state index is 5.75. The van der Waals surface area contributed by atoms with E-state index in [0.717, 1.165) is 38.4 Å². The Labute approximate surface area is 97.2 Å². The van der Waals surface area contributed by atoms with Gasteiger partial charge in [0.1, 0.15) is 5.75 Å². The molecule has 2 rings (SSSR count). The lowest BCUT2D eigenvalue weighted by atomic mass is 10.0. The number of rotatable bonds is 4. The van der Waals surface area contributed by atoms with Crippen LogP contribution in [0.4, 0.5) is 0 Å². The van der Waals surface area contributed by atoms with Gasteiger partial charge in [-0.2, -0.15) is 0 Å². The Morgan fingerprint density at radius 3 is 3.06 bits per heavy atom. The predicted octanol–water partition coefficient (Wildman–Crippen LogP) is 1.72. The normalized spacial score (nSPS) is 20.7. The first-order valence-electron chi connectivity index (χ1n) is 6.01. The molecule has 0 bridgehead atoms. The van der Waals surface area contributed by atoms with Crippen molar-refractivity contribution in [1.82, 2.24) is 10.6 Å². The summed E-state index contributed by atoms with van der Waals surface area (Å²) in [7, 11) is 0. The molecule has 1 atom stereocenters. The summed E-state index contributed by atoms with van der Waals surface area (Å²) in [5, 5.41) is 7.99. The van der Waals surface area contributed by atoms with Crippen molar-refractivity contribution in [2.75, 3.05) is 26.2 Å². The van der Waals surface area contributed by atoms with Crippen LogP contribution in [0.3, 0.4) is 0 Å². The van der Waals surface area contributed by atoms with Crippen LogP contribution >= 0.6 is 0 Å². The zero-order valence-electron chi connectivity index (χ0n) is 9.78. The van der Waals surface area contributed by atoms with E-state index in [1.54, 1.807) is 0 Å². The van der Waals surface area contributed by atoms with Gasteiger partial charge in [0.25, 0.3) is 0 Å². The van der Waals surface area contributed by atoms with E-state index in [1.807, 2.05) is 12.1 Å². The second kappa shape index (κ2) is 5.87. The highest BCUT2D eigenvalue weighted by Gasteiger charge is 2.18. The Hall–Kier alpha value is -1.06. The van der Waals surface area contributed by atoms with E-state index >= 15 is 0 Å². The second-order valence-corrected chi connectivity index (χ2v) is 4.01. The molecule has 1 N–H and O–H groups in total. The van der Waals surface area contributed by atoms with E-state index in [1.165, 1.54) is 5.56 Å². The Bertz CT molecular complexity index is 321. The molecule has 1 heterocycles. The zero-order valence-corrected chi connectivity index (χ0v) is 9.78. The molecule has 1 fully saturated rings. The molecule has 3 nitrogen and oxygen atoms in total. The number of ether oxygens (including phenoxy) is 1. The lowest BCUT2D eigenvalue weighted by Gasteiger charge is -2.24. The number of piperazine rings is 1. The lowest BCUT2D eigenvalue weighted by molar-refractivity contribution is 0.306. The molecule has 3 heteroatoms. The summed E-state index contributed by atoms with van der Waals surface area (Å²) >= 11 is 0. The van der Waals surface area contributed by atoms with Crippen LogP contribution in [0, 0.1) is 0 Å². The summed E-state index contributed by atoms with van der Waals surface area (Å²) in [5.41, 5.74) is 1.21. The van der Waals surface area contributed by atoms with Crippen LogP contribution in [0.5, 0.6) is 5.75 Å². The molecule has 0 aliphatic carbocycles. The molecule has 0 aromatic heterocycles. The van der Waals surface area contributed by atoms with Gasteiger partial charge >= 0.3 is 0 Å². The molecule has 0 spiro atoms. The fraction of sp³-hybridized carbons (Fsp3) is 0.538. The van der Waals surface area contributed by atoms with Gasteiger partial charge in [0.05, 0.1) is 12.6 Å². The van der Waals surface area contributed by atoms with Gasteiger partial charge in [-0.05, 0) is 12.5 Å². The first-order valence-corrected chi connectivity index (χ1v) is 6.01. The molecule has 0 amide bonds. The third-order valence-electron chi connectivity index (χ3n) is 2.72. The summed E-state index contributed by atoms with van der Waals surface area (Å²) < 4.78 is 5.75. The number of nitrogens with one attached hydrogen (secondary N) is 1. The molecule has 1 aromatic rings. The van der Waals surface area contributed by atoms with E-state index in [2.05, 4.69) is 29.7 Å². The Balaban J connectivity index is 2.11. The van der Waals surface area contributed by atoms with Crippen molar-refractivity contribution in [2.24, 2.45) is 0 Å². The summed E-state index contributed by atoms with van der Waals surface area (Å²) in [6, 6.07) is 8.48. The van der Waals surface area contributed by atoms with Gasteiger partial charge in [-0.3, -0.25) is 0 Å². The average molecular weight is 219 g/mol. The summed E-state index contributed by atoms with van der Waals surface area (Å²) in [6.45, 7) is 5.71. The van der Waals surface area contributed by atoms with E-state index in [4.69, 9.17) is 4.74 Å². The van der Waals surface area contributed by atoms with Crippen molar-refractivity contribution in [3.63, 3.8) is 0 Å². The first-order chi connectivity index (χ1) is 7.92. The number of hydrogen-bond donors (Lipinski definition) is 1. The van der Waals surface area contributed by atoms with Crippen molar-refractivity contribution in [3.05, 3.63) is 29.8 Å². The van der Waals surface area contributed by atoms with Crippen LogP contribution in [0.2, 0.25) is 0 Å². The van der Waals surface area contributed by atoms with Gasteiger partial charge in [0.2, 0.25) is 0 Å². The molecule has 1 saturated heterocycles. The van der Waals surface area contributed by atoms with Crippen LogP contribution in [0.15, 0.2) is 24.3 Å². The van der Waals surface area contributed by atoms with Crippen LogP contribution in [-0.4, -0.2) is 26.2 Å². The lowest BCUT2D eigenvalue weighted by Crippen LogP contribution is -2.38. The number of para-hydroxylation sites is 1. The fourth-order valence-corrected chi connectivity index (χ4v) is 1.91. The molecule has 1 aromatic carbocycles. The van der Waals surface area contributed by atoms with Crippen molar-refractivity contribution in [2.45, 2.75) is 19.4 Å². The van der Waals surface area contributed by atoms with Crippen LogP contribution in [0.1, 0.15) is 24.9 Å². The summed E-state index contributed by atoms with van der Waals surface area (Å²) in [4.78, 5) is 0. The molecule has 16 heavy (non-hydrogen) atoms. The van der Waals surface area contributed by atoms with Gasteiger partial charge < -0.3 is 10.1 Å². The number of benzene rings is 1. The molecule has 1 aliphatic rings. The van der Waals surface area contributed by atoms with Gasteiger partial charge in [-0.1, -0.05) is 25.1 Å². The molecule has 1 radical (unpaired) electrons. The Morgan fingerprint density at radius 1 is 1.44 bits per heavy atom. The Kier molecular flexibility index (Phi) is 4.19. The van der Waals surface area contributed by atoms with Gasteiger partial charge in [0, 0.05) is 25.2 Å². The van der Waals surface area contributed by atoms with Crippen LogP contribution in [0.25, 0.3) is 0 Å². The minimum absolute atomic E-state index is 0.252. The average Bonchev–Trinajstić information content (AvgIpc) is 2.38. The van der Waals surface area contributed by atoms with Gasteiger partial charge in [0.15, 0.2) is 0 Å². The second-order valence-electron chi connectivity index (χ2n) is 4.01. The molecule has 1 aliphatic heterocycles. The smallest absolute Gasteiger partial charge is 0.124 e. The maximum Gasteiger partial charge on any atom is 0.124 e. The first kappa shape index (κ1) is 11.4. The minimum Gasteiger partial charge on any atom is -0.493 e. The fourth-order valence-electron chi connectivity index (χ4n) is 1.91. The predicted molar refractivity (Wildman–Crippen MR) is 64.8 cm³/mol. The van der Waals surface area contributed by atoms with Crippen molar-refractivity contribution >= 4 is 0 Å². The Morgan fingerprint density at radius 2 is 2.31 bits per heavy atom. The molecular formula is C13H19N2O. The highest BCUT2D eigenvalue weighted by atomic mass is 16.5. The van der Waals surface area contributed by atoms with Crippen LogP contribution < -0.4 is 15.4 Å². The van der Waals surface area contributed by atoms with E-state index < -0.39 is 0 Å². The quantitative estimate of drug-likeness (QED) is 0.837. The van der Waals surface area contributed by atoms with Crippen LogP contribution in [-0.2, 0) is 0 Å². The molecular weight excluding hydrogens is 200 g/mol. The van der Waals surface area contributed by atoms with E-state index in [0.29, 0.717) is 0 Å². The number of nitrogens with zero attached hydrogens (tertiary/aromatic N) is 1. The maximum atomic E-state index is 5.75. The van der Waals surface area contributed by atoms with Gasteiger partial charge in [-0.15, -0.1) is 0 Å². The summed E-state index contributed by atoms with van der Waals surface area (Å²) in [6.07, 6.45) is 1.04. The topological polar surface area (TPSA) is 35.4 Å². The molecule has 87 valence electrons. The third-order valence-corrected chi connectivity index (χ3v) is 2.72. The highest BCUT2D eigenvalue weighted by molar-refractivity contribution is 5.36. The molecule has 1 unspecified atom stereocenters. The van der Waals surface area contributed by atoms with E-state index in [9.17, 15) is 0 Å². The zero-order chi connectivity index (χ0) is 11.2. The standard InChI is InChI=1S/C13H19N2O/c1-2-9-16-13-6-4-3-5-11(13)12-10-14-7-8-15-12/h3-6,12,14H,2,7-10H2,1H3.